The molecule has 2 aromatic rings. The van der Waals surface area contributed by atoms with Crippen molar-refractivity contribution in [3.8, 4) is 0 Å². The van der Waals surface area contributed by atoms with Crippen LogP contribution in [0.5, 0.6) is 0 Å². The van der Waals surface area contributed by atoms with Crippen molar-refractivity contribution in [2.75, 3.05) is 18.0 Å². The Balaban J connectivity index is 1.81. The fourth-order valence-electron chi connectivity index (χ4n) is 3.68. The highest BCUT2D eigenvalue weighted by atomic mass is 79.9. The Morgan fingerprint density at radius 1 is 1.12 bits per heavy atom. The third-order valence-electron chi connectivity index (χ3n) is 4.84. The van der Waals surface area contributed by atoms with Gasteiger partial charge in [0.1, 0.15) is 4.90 Å². The van der Waals surface area contributed by atoms with Gasteiger partial charge in [-0.1, -0.05) is 46.3 Å². The molecule has 1 saturated heterocycles. The highest BCUT2D eigenvalue weighted by Gasteiger charge is 2.39. The Bertz CT molecular complexity index is 855. The van der Waals surface area contributed by atoms with Crippen molar-refractivity contribution in [3.63, 3.8) is 0 Å². The van der Waals surface area contributed by atoms with Crippen molar-refractivity contribution in [2.45, 2.75) is 30.3 Å². The van der Waals surface area contributed by atoms with Crippen molar-refractivity contribution in [2.24, 2.45) is 0 Å². The molecule has 1 fully saturated rings. The van der Waals surface area contributed by atoms with Crippen molar-refractivity contribution in [1.29, 1.82) is 0 Å². The van der Waals surface area contributed by atoms with Gasteiger partial charge in [-0.15, -0.1) is 0 Å². The van der Waals surface area contributed by atoms with E-state index in [2.05, 4.69) is 20.8 Å². The lowest BCUT2D eigenvalue weighted by atomic mass is 10.2. The van der Waals surface area contributed by atoms with Crippen LogP contribution in [0.1, 0.15) is 18.4 Å². The average molecular weight is 407 g/mol. The lowest BCUT2D eigenvalue weighted by Crippen LogP contribution is -2.39. The number of anilines is 1. The molecule has 2 heterocycles. The highest BCUT2D eigenvalue weighted by molar-refractivity contribution is 9.10. The largest absolute Gasteiger partial charge is 0.366 e. The van der Waals surface area contributed by atoms with Crippen LogP contribution in [-0.4, -0.2) is 31.9 Å². The van der Waals surface area contributed by atoms with Crippen molar-refractivity contribution >= 4 is 31.6 Å². The van der Waals surface area contributed by atoms with E-state index in [1.165, 1.54) is 0 Å². The number of hydrogen-bond donors (Lipinski definition) is 0. The normalized spacial score (nSPS) is 22.7. The third-order valence-corrected chi connectivity index (χ3v) is 7.19. The summed E-state index contributed by atoms with van der Waals surface area (Å²) >= 11 is 3.48. The Hall–Kier alpha value is -1.37. The molecule has 6 heteroatoms. The van der Waals surface area contributed by atoms with Gasteiger partial charge >= 0.3 is 0 Å². The van der Waals surface area contributed by atoms with Gasteiger partial charge in [-0.2, -0.15) is 4.31 Å². The zero-order chi connectivity index (χ0) is 16.7. The molecule has 2 aliphatic rings. The van der Waals surface area contributed by atoms with Gasteiger partial charge < -0.3 is 4.90 Å². The summed E-state index contributed by atoms with van der Waals surface area (Å²) in [4.78, 5) is 2.69. The summed E-state index contributed by atoms with van der Waals surface area (Å²) in [5.74, 6) is 0. The molecule has 0 saturated carbocycles. The second kappa shape index (κ2) is 6.17. The van der Waals surface area contributed by atoms with E-state index in [9.17, 15) is 8.42 Å². The smallest absolute Gasteiger partial charge is 0.245 e. The van der Waals surface area contributed by atoms with Gasteiger partial charge in [-0.05, 0) is 36.6 Å². The number of rotatable bonds is 2. The molecule has 24 heavy (non-hydrogen) atoms. The van der Waals surface area contributed by atoms with Crippen LogP contribution in [-0.2, 0) is 16.6 Å². The van der Waals surface area contributed by atoms with Gasteiger partial charge in [0, 0.05) is 30.1 Å². The molecule has 2 aromatic carbocycles. The zero-order valence-electron chi connectivity index (χ0n) is 13.2. The first-order valence-electron chi connectivity index (χ1n) is 8.16. The minimum Gasteiger partial charge on any atom is -0.366 e. The quantitative estimate of drug-likeness (QED) is 0.764. The topological polar surface area (TPSA) is 40.6 Å². The number of sulfonamides is 1. The molecular formula is C18H19BrN2O2S. The fourth-order valence-corrected chi connectivity index (χ4v) is 5.68. The third kappa shape index (κ3) is 2.76. The van der Waals surface area contributed by atoms with Gasteiger partial charge in [0.2, 0.25) is 10.0 Å². The molecule has 0 aliphatic carbocycles. The Morgan fingerprint density at radius 3 is 2.71 bits per heavy atom. The highest BCUT2D eigenvalue weighted by Crippen LogP contribution is 2.39. The van der Waals surface area contributed by atoms with Gasteiger partial charge in [-0.25, -0.2) is 8.42 Å². The molecule has 126 valence electrons. The summed E-state index contributed by atoms with van der Waals surface area (Å²) < 4.78 is 29.1. The lowest BCUT2D eigenvalue weighted by Gasteiger charge is -2.26. The summed E-state index contributed by atoms with van der Waals surface area (Å²) in [5, 5.41) is 0. The maximum atomic E-state index is 13.3. The van der Waals surface area contributed by atoms with Crippen LogP contribution in [0.15, 0.2) is 57.9 Å². The Morgan fingerprint density at radius 2 is 1.92 bits per heavy atom. The minimum absolute atomic E-state index is 0.249. The van der Waals surface area contributed by atoms with Crippen LogP contribution >= 0.6 is 15.9 Å². The molecule has 0 spiro atoms. The monoisotopic (exact) mass is 406 g/mol. The van der Waals surface area contributed by atoms with E-state index in [-0.39, 0.29) is 6.04 Å². The molecule has 0 aromatic heterocycles. The van der Waals surface area contributed by atoms with E-state index in [1.54, 1.807) is 10.4 Å². The number of benzene rings is 2. The molecule has 0 bridgehead atoms. The van der Waals surface area contributed by atoms with E-state index in [1.807, 2.05) is 42.5 Å². The van der Waals surface area contributed by atoms with Gasteiger partial charge in [0.15, 0.2) is 0 Å². The zero-order valence-corrected chi connectivity index (χ0v) is 15.6. The molecule has 4 rings (SSSR count). The predicted molar refractivity (Wildman–Crippen MR) is 98.5 cm³/mol. The molecule has 0 N–H and O–H groups in total. The molecule has 0 radical (unpaired) electrons. The standard InChI is InChI=1S/C18H19BrN2O2S/c19-15-8-9-18-17(11-15)21-10-4-7-16(21)13-20(24(18,22)23)12-14-5-2-1-3-6-14/h1-3,5-6,8-9,11,16H,4,7,10,12-13H2/t16-/m1/s1. The lowest BCUT2D eigenvalue weighted by molar-refractivity contribution is 0.383. The molecule has 0 amide bonds. The van der Waals surface area contributed by atoms with E-state index in [4.69, 9.17) is 0 Å². The first kappa shape index (κ1) is 16.1. The van der Waals surface area contributed by atoms with Crippen LogP contribution in [0.25, 0.3) is 0 Å². The summed E-state index contributed by atoms with van der Waals surface area (Å²) in [6.45, 7) is 1.88. The van der Waals surface area contributed by atoms with Crippen molar-refractivity contribution in [1.82, 2.24) is 4.31 Å². The molecular weight excluding hydrogens is 388 g/mol. The summed E-state index contributed by atoms with van der Waals surface area (Å²) in [6, 6.07) is 15.5. The fraction of sp³-hybridized carbons (Fsp3) is 0.333. The van der Waals surface area contributed by atoms with Gasteiger partial charge in [0.25, 0.3) is 0 Å². The number of halogens is 1. The van der Waals surface area contributed by atoms with Gasteiger partial charge in [-0.3, -0.25) is 0 Å². The van der Waals surface area contributed by atoms with Gasteiger partial charge in [0.05, 0.1) is 5.69 Å². The first-order valence-corrected chi connectivity index (χ1v) is 10.4. The minimum atomic E-state index is -3.51. The summed E-state index contributed by atoms with van der Waals surface area (Å²) in [5.41, 5.74) is 1.86. The van der Waals surface area contributed by atoms with Crippen LogP contribution in [0, 0.1) is 0 Å². The number of fused-ring (bicyclic) bond motifs is 3. The SMILES string of the molecule is O=S1(=O)c2ccc(Br)cc2N2CCC[C@@H]2CN1Cc1ccccc1. The second-order valence-electron chi connectivity index (χ2n) is 6.38. The van der Waals surface area contributed by atoms with E-state index < -0.39 is 10.0 Å². The van der Waals surface area contributed by atoms with Crippen LogP contribution < -0.4 is 4.90 Å². The Kier molecular flexibility index (Phi) is 4.14. The van der Waals surface area contributed by atoms with E-state index >= 15 is 0 Å². The van der Waals surface area contributed by atoms with Crippen molar-refractivity contribution < 1.29 is 8.42 Å². The molecule has 0 unspecified atom stereocenters. The predicted octanol–water partition coefficient (Wildman–Crippen LogP) is 3.62. The maximum Gasteiger partial charge on any atom is 0.245 e. The summed E-state index contributed by atoms with van der Waals surface area (Å²) in [7, 11) is -3.51. The summed E-state index contributed by atoms with van der Waals surface area (Å²) in [6.07, 6.45) is 2.14. The van der Waals surface area contributed by atoms with Crippen LogP contribution in [0.3, 0.4) is 0 Å². The average Bonchev–Trinajstić information content (AvgIpc) is 3.00. The van der Waals surface area contributed by atoms with E-state index in [0.29, 0.717) is 18.0 Å². The van der Waals surface area contributed by atoms with Crippen LogP contribution in [0.4, 0.5) is 5.69 Å². The molecule has 2 aliphatic heterocycles. The van der Waals surface area contributed by atoms with Crippen LogP contribution in [0.2, 0.25) is 0 Å². The van der Waals surface area contributed by atoms with E-state index in [0.717, 1.165) is 35.1 Å². The first-order chi connectivity index (χ1) is 11.6. The molecule has 1 atom stereocenters. The molecule has 4 nitrogen and oxygen atoms in total. The van der Waals surface area contributed by atoms with Crippen molar-refractivity contribution in [3.05, 3.63) is 58.6 Å². The Labute approximate surface area is 151 Å². The number of nitrogens with zero attached hydrogens (tertiary/aromatic N) is 2. The number of hydrogen-bond acceptors (Lipinski definition) is 3. The second-order valence-corrected chi connectivity index (χ2v) is 9.21. The maximum absolute atomic E-state index is 13.3.